The minimum atomic E-state index is -3.21. The minimum absolute atomic E-state index is 0.0891. The Labute approximate surface area is 78.0 Å². The second-order valence-corrected chi connectivity index (χ2v) is 5.17. The Morgan fingerprint density at radius 3 is 2.38 bits per heavy atom. The molecule has 0 atom stereocenters. The van der Waals surface area contributed by atoms with Gasteiger partial charge in [0.05, 0.1) is 0 Å². The molecule has 13 heavy (non-hydrogen) atoms. The molecule has 1 heterocycles. The number of rotatable bonds is 2. The van der Waals surface area contributed by atoms with E-state index in [1.54, 1.807) is 0 Å². The molecule has 0 bridgehead atoms. The van der Waals surface area contributed by atoms with Crippen LogP contribution in [0.3, 0.4) is 0 Å². The zero-order valence-electron chi connectivity index (χ0n) is 7.85. The predicted octanol–water partition coefficient (Wildman–Crippen LogP) is 1.00. The van der Waals surface area contributed by atoms with Crippen LogP contribution in [-0.2, 0) is 9.84 Å². The Balaban J connectivity index is 3.21. The third kappa shape index (κ3) is 2.48. The molecular formula is C8H12N2O2S. The van der Waals surface area contributed by atoms with Crippen LogP contribution in [0.1, 0.15) is 25.5 Å². The molecule has 0 N–H and O–H groups in total. The molecule has 5 heteroatoms. The minimum Gasteiger partial charge on any atom is -0.241 e. The number of hydrogen-bond acceptors (Lipinski definition) is 4. The molecule has 0 unspecified atom stereocenters. The van der Waals surface area contributed by atoms with Crippen LogP contribution in [0.15, 0.2) is 17.4 Å². The first-order valence-corrected chi connectivity index (χ1v) is 5.82. The fourth-order valence-electron chi connectivity index (χ4n) is 0.872. The van der Waals surface area contributed by atoms with E-state index >= 15 is 0 Å². The summed E-state index contributed by atoms with van der Waals surface area (Å²) in [5.41, 5.74) is 0.746. The fourth-order valence-corrected chi connectivity index (χ4v) is 1.45. The third-order valence-corrected chi connectivity index (χ3v) is 2.62. The zero-order valence-corrected chi connectivity index (χ0v) is 8.67. The summed E-state index contributed by atoms with van der Waals surface area (Å²) in [5.74, 6) is 0.212. The predicted molar refractivity (Wildman–Crippen MR) is 49.2 cm³/mol. The second kappa shape index (κ2) is 3.41. The SMILES string of the molecule is CC(C)c1cc(S(C)(=O)=O)ncn1. The highest BCUT2D eigenvalue weighted by Crippen LogP contribution is 2.13. The van der Waals surface area contributed by atoms with E-state index in [1.807, 2.05) is 13.8 Å². The number of aromatic nitrogens is 2. The van der Waals surface area contributed by atoms with Crippen molar-refractivity contribution >= 4 is 9.84 Å². The maximum absolute atomic E-state index is 11.1. The Kier molecular flexibility index (Phi) is 2.66. The lowest BCUT2D eigenvalue weighted by Gasteiger charge is -2.04. The van der Waals surface area contributed by atoms with Gasteiger partial charge in [0.25, 0.3) is 0 Å². The first-order chi connectivity index (χ1) is 5.91. The fraction of sp³-hybridized carbons (Fsp3) is 0.500. The molecule has 0 saturated carbocycles. The van der Waals surface area contributed by atoms with Crippen molar-refractivity contribution in [1.82, 2.24) is 9.97 Å². The van der Waals surface area contributed by atoms with Crippen LogP contribution in [-0.4, -0.2) is 24.6 Å². The average molecular weight is 200 g/mol. The van der Waals surface area contributed by atoms with Gasteiger partial charge >= 0.3 is 0 Å². The van der Waals surface area contributed by atoms with Crippen molar-refractivity contribution in [3.63, 3.8) is 0 Å². The maximum Gasteiger partial charge on any atom is 0.192 e. The normalized spacial score (nSPS) is 12.0. The van der Waals surface area contributed by atoms with Crippen molar-refractivity contribution in [2.45, 2.75) is 24.8 Å². The Morgan fingerprint density at radius 1 is 1.31 bits per heavy atom. The van der Waals surface area contributed by atoms with Crippen LogP contribution < -0.4 is 0 Å². The van der Waals surface area contributed by atoms with Gasteiger partial charge in [0.1, 0.15) is 6.33 Å². The molecule has 0 aliphatic rings. The number of nitrogens with zero attached hydrogens (tertiary/aromatic N) is 2. The summed E-state index contributed by atoms with van der Waals surface area (Å²) in [7, 11) is -3.21. The highest BCUT2D eigenvalue weighted by Gasteiger charge is 2.10. The van der Waals surface area contributed by atoms with E-state index in [4.69, 9.17) is 0 Å². The van der Waals surface area contributed by atoms with Gasteiger partial charge in [0, 0.05) is 11.9 Å². The van der Waals surface area contributed by atoms with Crippen LogP contribution in [0.25, 0.3) is 0 Å². The summed E-state index contributed by atoms with van der Waals surface area (Å²) in [6.07, 6.45) is 2.42. The molecule has 0 spiro atoms. The lowest BCUT2D eigenvalue weighted by atomic mass is 10.1. The van der Waals surface area contributed by atoms with Crippen molar-refractivity contribution in [2.75, 3.05) is 6.26 Å². The van der Waals surface area contributed by atoms with Gasteiger partial charge in [-0.3, -0.25) is 0 Å². The molecule has 1 aromatic heterocycles. The summed E-state index contributed by atoms with van der Waals surface area (Å²) in [5, 5.41) is 0.0891. The van der Waals surface area contributed by atoms with Gasteiger partial charge in [-0.2, -0.15) is 0 Å². The van der Waals surface area contributed by atoms with Crippen LogP contribution in [0.4, 0.5) is 0 Å². The van der Waals surface area contributed by atoms with Crippen LogP contribution in [0.2, 0.25) is 0 Å². The Morgan fingerprint density at radius 2 is 1.92 bits per heavy atom. The van der Waals surface area contributed by atoms with Gasteiger partial charge in [-0.1, -0.05) is 13.8 Å². The summed E-state index contributed by atoms with van der Waals surface area (Å²) in [6.45, 7) is 3.91. The van der Waals surface area contributed by atoms with Crippen molar-refractivity contribution < 1.29 is 8.42 Å². The van der Waals surface area contributed by atoms with Gasteiger partial charge in [0.2, 0.25) is 0 Å². The van der Waals surface area contributed by atoms with Gasteiger partial charge in [-0.15, -0.1) is 0 Å². The van der Waals surface area contributed by atoms with Crippen molar-refractivity contribution in [1.29, 1.82) is 0 Å². The maximum atomic E-state index is 11.1. The summed E-state index contributed by atoms with van der Waals surface area (Å²) in [6, 6.07) is 1.51. The van der Waals surface area contributed by atoms with E-state index in [0.717, 1.165) is 11.9 Å². The molecule has 0 amide bonds. The van der Waals surface area contributed by atoms with E-state index < -0.39 is 9.84 Å². The summed E-state index contributed by atoms with van der Waals surface area (Å²) in [4.78, 5) is 7.67. The van der Waals surface area contributed by atoms with E-state index in [9.17, 15) is 8.42 Å². The van der Waals surface area contributed by atoms with Crippen LogP contribution in [0.5, 0.6) is 0 Å². The average Bonchev–Trinajstić information content (AvgIpc) is 2.03. The molecule has 1 rings (SSSR count). The van der Waals surface area contributed by atoms with Gasteiger partial charge in [0.15, 0.2) is 14.9 Å². The van der Waals surface area contributed by atoms with Crippen molar-refractivity contribution in [3.05, 3.63) is 18.1 Å². The lowest BCUT2D eigenvalue weighted by molar-refractivity contribution is 0.597. The molecular weight excluding hydrogens is 188 g/mol. The first-order valence-electron chi connectivity index (χ1n) is 3.93. The van der Waals surface area contributed by atoms with Crippen LogP contribution in [0, 0.1) is 0 Å². The largest absolute Gasteiger partial charge is 0.241 e. The molecule has 0 aromatic carbocycles. The first kappa shape index (κ1) is 10.1. The highest BCUT2D eigenvalue weighted by atomic mass is 32.2. The highest BCUT2D eigenvalue weighted by molar-refractivity contribution is 7.90. The summed E-state index contributed by atoms with van der Waals surface area (Å²) >= 11 is 0. The molecule has 72 valence electrons. The lowest BCUT2D eigenvalue weighted by Crippen LogP contribution is -2.03. The van der Waals surface area contributed by atoms with Gasteiger partial charge in [-0.05, 0) is 12.0 Å². The molecule has 1 aromatic rings. The Hall–Kier alpha value is -0.970. The monoisotopic (exact) mass is 200 g/mol. The zero-order chi connectivity index (χ0) is 10.1. The second-order valence-electron chi connectivity index (χ2n) is 3.21. The molecule has 0 saturated heterocycles. The molecule has 0 radical (unpaired) electrons. The van der Waals surface area contributed by atoms with Gasteiger partial charge in [-0.25, -0.2) is 18.4 Å². The van der Waals surface area contributed by atoms with Crippen molar-refractivity contribution in [2.24, 2.45) is 0 Å². The number of hydrogen-bond donors (Lipinski definition) is 0. The smallest absolute Gasteiger partial charge is 0.192 e. The molecule has 0 aliphatic carbocycles. The van der Waals surface area contributed by atoms with E-state index in [-0.39, 0.29) is 10.9 Å². The van der Waals surface area contributed by atoms with Crippen LogP contribution >= 0.6 is 0 Å². The van der Waals surface area contributed by atoms with Crippen molar-refractivity contribution in [3.8, 4) is 0 Å². The number of sulfone groups is 1. The molecule has 4 nitrogen and oxygen atoms in total. The van der Waals surface area contributed by atoms with E-state index in [0.29, 0.717) is 0 Å². The Bertz CT molecular complexity index is 398. The molecule has 0 aliphatic heterocycles. The summed E-state index contributed by atoms with van der Waals surface area (Å²) < 4.78 is 22.2. The standard InChI is InChI=1S/C8H12N2O2S/c1-6(2)7-4-8(10-5-9-7)13(3,11)12/h4-6H,1-3H3. The topological polar surface area (TPSA) is 59.9 Å². The molecule has 0 fully saturated rings. The third-order valence-electron chi connectivity index (χ3n) is 1.63. The van der Waals surface area contributed by atoms with E-state index in [2.05, 4.69) is 9.97 Å². The van der Waals surface area contributed by atoms with E-state index in [1.165, 1.54) is 12.4 Å². The quantitative estimate of drug-likeness (QED) is 0.668. The van der Waals surface area contributed by atoms with Gasteiger partial charge < -0.3 is 0 Å².